The van der Waals surface area contributed by atoms with Crippen LogP contribution in [0, 0.1) is 0 Å². The van der Waals surface area contributed by atoms with Crippen LogP contribution < -0.4 is 4.90 Å². The number of nitrogens with zero attached hydrogens (tertiary/aromatic N) is 2. The fourth-order valence-electron chi connectivity index (χ4n) is 3.78. The van der Waals surface area contributed by atoms with Crippen LogP contribution >= 0.6 is 0 Å². The predicted molar refractivity (Wildman–Crippen MR) is 87.9 cm³/mol. The number of benzene rings is 2. The van der Waals surface area contributed by atoms with E-state index in [2.05, 4.69) is 64.4 Å². The molecule has 0 atom stereocenters. The molecule has 2 nitrogen and oxygen atoms in total. The van der Waals surface area contributed by atoms with Gasteiger partial charge in [0.05, 0.1) is 0 Å². The number of anilines is 1. The Kier molecular flexibility index (Phi) is 3.40. The first-order valence-electron chi connectivity index (χ1n) is 8.01. The van der Waals surface area contributed by atoms with Crippen LogP contribution in [0.4, 0.5) is 5.69 Å². The third kappa shape index (κ3) is 2.56. The van der Waals surface area contributed by atoms with Crippen molar-refractivity contribution in [2.45, 2.75) is 18.9 Å². The molecule has 4 rings (SSSR count). The molecule has 0 amide bonds. The fourth-order valence-corrected chi connectivity index (χ4v) is 3.78. The van der Waals surface area contributed by atoms with Gasteiger partial charge in [-0.05, 0) is 36.1 Å². The molecule has 0 unspecified atom stereocenters. The van der Waals surface area contributed by atoms with Crippen LogP contribution in [0.1, 0.15) is 11.1 Å². The summed E-state index contributed by atoms with van der Waals surface area (Å²) in [5, 5.41) is 0. The molecule has 0 spiro atoms. The van der Waals surface area contributed by atoms with Gasteiger partial charge in [0, 0.05) is 37.9 Å². The Morgan fingerprint density at radius 1 is 0.667 bits per heavy atom. The number of fused-ring (bicyclic) bond motifs is 1. The highest BCUT2D eigenvalue weighted by atomic mass is 15.3. The normalized spacial score (nSPS) is 19.7. The largest absolute Gasteiger partial charge is 0.369 e. The van der Waals surface area contributed by atoms with Gasteiger partial charge in [-0.3, -0.25) is 4.90 Å². The van der Waals surface area contributed by atoms with Crippen molar-refractivity contribution in [1.29, 1.82) is 0 Å². The Balaban J connectivity index is 1.39. The molecule has 1 aliphatic carbocycles. The summed E-state index contributed by atoms with van der Waals surface area (Å²) in [6.45, 7) is 4.68. The minimum Gasteiger partial charge on any atom is -0.369 e. The summed E-state index contributed by atoms with van der Waals surface area (Å²) >= 11 is 0. The van der Waals surface area contributed by atoms with Gasteiger partial charge in [-0.2, -0.15) is 0 Å². The molecule has 0 aromatic heterocycles. The van der Waals surface area contributed by atoms with Crippen molar-refractivity contribution in [3.63, 3.8) is 0 Å². The molecule has 108 valence electrons. The lowest BCUT2D eigenvalue weighted by atomic mass is 10.1. The van der Waals surface area contributed by atoms with Crippen LogP contribution in [0.3, 0.4) is 0 Å². The summed E-state index contributed by atoms with van der Waals surface area (Å²) in [6, 6.07) is 20.5. The lowest BCUT2D eigenvalue weighted by molar-refractivity contribution is 0.190. The zero-order chi connectivity index (χ0) is 14.1. The van der Waals surface area contributed by atoms with Gasteiger partial charge in [0.2, 0.25) is 0 Å². The summed E-state index contributed by atoms with van der Waals surface area (Å²) < 4.78 is 0. The molecule has 2 heteroatoms. The number of piperazine rings is 1. The van der Waals surface area contributed by atoms with Crippen molar-refractivity contribution in [3.8, 4) is 0 Å². The van der Waals surface area contributed by atoms with Crippen molar-refractivity contribution in [2.24, 2.45) is 0 Å². The van der Waals surface area contributed by atoms with Crippen molar-refractivity contribution in [2.75, 3.05) is 31.1 Å². The van der Waals surface area contributed by atoms with Gasteiger partial charge >= 0.3 is 0 Å². The second-order valence-electron chi connectivity index (χ2n) is 6.19. The minimum atomic E-state index is 0.723. The first kappa shape index (κ1) is 12.9. The molecule has 1 heterocycles. The second kappa shape index (κ2) is 5.53. The highest BCUT2D eigenvalue weighted by Crippen LogP contribution is 2.26. The van der Waals surface area contributed by atoms with Crippen molar-refractivity contribution < 1.29 is 0 Å². The van der Waals surface area contributed by atoms with E-state index in [1.165, 1.54) is 31.6 Å². The van der Waals surface area contributed by atoms with Crippen molar-refractivity contribution >= 4 is 5.69 Å². The maximum absolute atomic E-state index is 2.69. The van der Waals surface area contributed by atoms with E-state index in [-0.39, 0.29) is 0 Å². The Labute approximate surface area is 127 Å². The van der Waals surface area contributed by atoms with Gasteiger partial charge in [0.15, 0.2) is 0 Å². The first-order valence-corrected chi connectivity index (χ1v) is 8.01. The first-order chi connectivity index (χ1) is 10.4. The molecular formula is C19H22N2. The van der Waals surface area contributed by atoms with Gasteiger partial charge < -0.3 is 4.90 Å². The molecule has 1 fully saturated rings. The lowest BCUT2D eigenvalue weighted by Gasteiger charge is -2.39. The molecule has 0 radical (unpaired) electrons. The number of para-hydroxylation sites is 1. The molecule has 2 aromatic carbocycles. The number of hydrogen-bond acceptors (Lipinski definition) is 2. The zero-order valence-corrected chi connectivity index (χ0v) is 12.4. The quantitative estimate of drug-likeness (QED) is 0.833. The van der Waals surface area contributed by atoms with Crippen molar-refractivity contribution in [3.05, 3.63) is 65.7 Å². The van der Waals surface area contributed by atoms with Gasteiger partial charge in [-0.25, -0.2) is 0 Å². The Morgan fingerprint density at radius 3 is 1.86 bits per heavy atom. The summed E-state index contributed by atoms with van der Waals surface area (Å²) in [5.74, 6) is 0. The highest BCUT2D eigenvalue weighted by Gasteiger charge is 2.28. The molecular weight excluding hydrogens is 256 g/mol. The maximum atomic E-state index is 2.69. The predicted octanol–water partition coefficient (Wildman–Crippen LogP) is 2.98. The second-order valence-corrected chi connectivity index (χ2v) is 6.19. The van der Waals surface area contributed by atoms with Gasteiger partial charge in [-0.15, -0.1) is 0 Å². The summed E-state index contributed by atoms with van der Waals surface area (Å²) in [7, 11) is 0. The smallest absolute Gasteiger partial charge is 0.0367 e. The van der Waals surface area contributed by atoms with E-state index in [1.807, 2.05) is 0 Å². The van der Waals surface area contributed by atoms with E-state index in [0.29, 0.717) is 0 Å². The molecule has 1 aliphatic heterocycles. The Morgan fingerprint density at radius 2 is 1.24 bits per heavy atom. The molecule has 21 heavy (non-hydrogen) atoms. The van der Waals surface area contributed by atoms with Gasteiger partial charge in [0.25, 0.3) is 0 Å². The average molecular weight is 278 g/mol. The van der Waals surface area contributed by atoms with Crippen molar-refractivity contribution in [1.82, 2.24) is 4.90 Å². The van der Waals surface area contributed by atoms with E-state index in [9.17, 15) is 0 Å². The molecule has 1 saturated heterocycles. The standard InChI is InChI=1S/C19H22N2/c1-2-8-18(9-3-1)20-10-12-21(13-11-20)19-14-16-6-4-5-7-17(16)15-19/h1-9,19H,10-15H2. The van der Waals surface area contributed by atoms with Crippen LogP contribution in [0.5, 0.6) is 0 Å². The lowest BCUT2D eigenvalue weighted by Crippen LogP contribution is -2.50. The SMILES string of the molecule is c1ccc(N2CCN(C3Cc4ccccc4C3)CC2)cc1. The molecule has 0 saturated carbocycles. The van der Waals surface area contributed by atoms with E-state index in [4.69, 9.17) is 0 Å². The van der Waals surface area contributed by atoms with Crippen LogP contribution in [0.2, 0.25) is 0 Å². The fraction of sp³-hybridized carbons (Fsp3) is 0.368. The molecule has 0 N–H and O–H groups in total. The number of hydrogen-bond donors (Lipinski definition) is 0. The van der Waals surface area contributed by atoms with Crippen LogP contribution in [-0.2, 0) is 12.8 Å². The van der Waals surface area contributed by atoms with E-state index >= 15 is 0 Å². The monoisotopic (exact) mass is 278 g/mol. The summed E-state index contributed by atoms with van der Waals surface area (Å²) in [6.07, 6.45) is 2.48. The van der Waals surface area contributed by atoms with Gasteiger partial charge in [-0.1, -0.05) is 42.5 Å². The highest BCUT2D eigenvalue weighted by molar-refractivity contribution is 5.46. The Hall–Kier alpha value is -1.80. The molecule has 2 aliphatic rings. The summed E-state index contributed by atoms with van der Waals surface area (Å²) in [4.78, 5) is 5.21. The average Bonchev–Trinajstić information content (AvgIpc) is 3.00. The van der Waals surface area contributed by atoms with E-state index in [0.717, 1.165) is 19.1 Å². The number of rotatable bonds is 2. The molecule has 2 aromatic rings. The minimum absolute atomic E-state index is 0.723. The third-order valence-electron chi connectivity index (χ3n) is 4.98. The topological polar surface area (TPSA) is 6.48 Å². The third-order valence-corrected chi connectivity index (χ3v) is 4.98. The van der Waals surface area contributed by atoms with Gasteiger partial charge in [0.1, 0.15) is 0 Å². The zero-order valence-electron chi connectivity index (χ0n) is 12.4. The van der Waals surface area contributed by atoms with E-state index in [1.54, 1.807) is 11.1 Å². The van der Waals surface area contributed by atoms with Crippen LogP contribution in [0.25, 0.3) is 0 Å². The summed E-state index contributed by atoms with van der Waals surface area (Å²) in [5.41, 5.74) is 4.49. The molecule has 0 bridgehead atoms. The van der Waals surface area contributed by atoms with Crippen LogP contribution in [-0.4, -0.2) is 37.1 Å². The van der Waals surface area contributed by atoms with E-state index < -0.39 is 0 Å². The maximum Gasteiger partial charge on any atom is 0.0367 e. The Bertz CT molecular complexity index is 575. The van der Waals surface area contributed by atoms with Crippen LogP contribution in [0.15, 0.2) is 54.6 Å².